The zero-order valence-electron chi connectivity index (χ0n) is 24.7. The average Bonchev–Trinajstić information content (AvgIpc) is 2.91. The summed E-state index contributed by atoms with van der Waals surface area (Å²) >= 11 is 0. The Kier molecular flexibility index (Phi) is 13.8. The molecule has 0 amide bonds. The van der Waals surface area contributed by atoms with Gasteiger partial charge in [0.1, 0.15) is 24.8 Å². The van der Waals surface area contributed by atoms with Crippen molar-refractivity contribution in [1.82, 2.24) is 0 Å². The highest BCUT2D eigenvalue weighted by Gasteiger charge is 2.29. The van der Waals surface area contributed by atoms with E-state index in [1.54, 1.807) is 0 Å². The maximum atomic E-state index is 12.5. The lowest BCUT2D eigenvalue weighted by molar-refractivity contribution is -0.156. The van der Waals surface area contributed by atoms with Crippen LogP contribution in [0.15, 0.2) is 60.7 Å². The van der Waals surface area contributed by atoms with Crippen LogP contribution in [0.3, 0.4) is 0 Å². The van der Waals surface area contributed by atoms with Crippen LogP contribution in [0.4, 0.5) is 0 Å². The van der Waals surface area contributed by atoms with Crippen molar-refractivity contribution >= 4 is 23.5 Å². The summed E-state index contributed by atoms with van der Waals surface area (Å²) in [7, 11) is 0. The lowest BCUT2D eigenvalue weighted by Gasteiger charge is -2.23. The van der Waals surface area contributed by atoms with Gasteiger partial charge in [0.2, 0.25) is 0 Å². The van der Waals surface area contributed by atoms with Crippen LogP contribution in [-0.4, -0.2) is 23.5 Å². The average molecular weight is 551 g/mol. The van der Waals surface area contributed by atoms with Gasteiger partial charge in [0, 0.05) is 25.7 Å². The van der Waals surface area contributed by atoms with Crippen LogP contribution in [0.25, 0.3) is 0 Å². The molecule has 0 atom stereocenters. The molecule has 0 aliphatic rings. The van der Waals surface area contributed by atoms with E-state index >= 15 is 0 Å². The molecule has 0 bridgehead atoms. The molecule has 0 aliphatic carbocycles. The first-order chi connectivity index (χ1) is 19.0. The summed E-state index contributed by atoms with van der Waals surface area (Å²) < 4.78 is 10.8. The van der Waals surface area contributed by atoms with E-state index < -0.39 is 5.41 Å². The van der Waals surface area contributed by atoms with Crippen molar-refractivity contribution in [3.63, 3.8) is 0 Å². The molecular weight excluding hydrogens is 504 g/mol. The number of esters is 2. The molecule has 0 aromatic heterocycles. The molecule has 2 rings (SSSR count). The maximum Gasteiger partial charge on any atom is 0.311 e. The number of rotatable bonds is 19. The third kappa shape index (κ3) is 13.7. The molecule has 0 unspecified atom stereocenters. The summed E-state index contributed by atoms with van der Waals surface area (Å²) in [6.07, 6.45) is 5.13. The number of ketones is 2. The molecule has 0 saturated heterocycles. The number of carbonyl (C=O) groups is 4. The zero-order valence-corrected chi connectivity index (χ0v) is 24.7. The van der Waals surface area contributed by atoms with Crippen LogP contribution in [0.1, 0.15) is 103 Å². The van der Waals surface area contributed by atoms with Crippen LogP contribution in [0, 0.1) is 10.8 Å². The van der Waals surface area contributed by atoms with Crippen molar-refractivity contribution in [1.29, 1.82) is 0 Å². The van der Waals surface area contributed by atoms with E-state index in [4.69, 9.17) is 9.47 Å². The second-order valence-corrected chi connectivity index (χ2v) is 12.1. The molecule has 0 fully saturated rings. The molecule has 0 aliphatic heterocycles. The van der Waals surface area contributed by atoms with Crippen molar-refractivity contribution in [2.75, 3.05) is 0 Å². The first-order valence-electron chi connectivity index (χ1n) is 14.4. The van der Waals surface area contributed by atoms with Crippen molar-refractivity contribution in [2.24, 2.45) is 10.8 Å². The maximum absolute atomic E-state index is 12.5. The highest BCUT2D eigenvalue weighted by Crippen LogP contribution is 2.29. The summed E-state index contributed by atoms with van der Waals surface area (Å²) in [4.78, 5) is 49.3. The first-order valence-corrected chi connectivity index (χ1v) is 14.4. The zero-order chi connectivity index (χ0) is 29.4. The highest BCUT2D eigenvalue weighted by atomic mass is 16.5. The summed E-state index contributed by atoms with van der Waals surface area (Å²) in [5.74, 6) is -0.221. The van der Waals surface area contributed by atoms with Gasteiger partial charge in [-0.15, -0.1) is 0 Å². The van der Waals surface area contributed by atoms with Crippen LogP contribution < -0.4 is 0 Å². The summed E-state index contributed by atoms with van der Waals surface area (Å²) in [6, 6.07) is 19.1. The third-order valence-electron chi connectivity index (χ3n) is 7.11. The molecule has 0 heterocycles. The fraction of sp³-hybridized carbons (Fsp3) is 0.529. The molecule has 2 aromatic rings. The minimum Gasteiger partial charge on any atom is -0.461 e. The van der Waals surface area contributed by atoms with Gasteiger partial charge in [0.25, 0.3) is 0 Å². The summed E-state index contributed by atoms with van der Waals surface area (Å²) in [5, 5.41) is 0. The Bertz CT molecular complexity index is 1070. The van der Waals surface area contributed by atoms with Crippen molar-refractivity contribution < 1.29 is 28.7 Å². The molecule has 218 valence electrons. The smallest absolute Gasteiger partial charge is 0.311 e. The van der Waals surface area contributed by atoms with Gasteiger partial charge in [-0.05, 0) is 62.5 Å². The monoisotopic (exact) mass is 550 g/mol. The molecule has 0 radical (unpaired) electrons. The third-order valence-corrected chi connectivity index (χ3v) is 7.11. The summed E-state index contributed by atoms with van der Waals surface area (Å²) in [5.41, 5.74) is 1.00. The minimum atomic E-state index is -0.655. The van der Waals surface area contributed by atoms with E-state index in [0.29, 0.717) is 57.8 Å². The Morgan fingerprint density at radius 2 is 1.05 bits per heavy atom. The molecule has 6 nitrogen and oxygen atoms in total. The quantitative estimate of drug-likeness (QED) is 0.168. The lowest BCUT2D eigenvalue weighted by Crippen LogP contribution is -2.26. The largest absolute Gasteiger partial charge is 0.461 e. The number of benzene rings is 2. The Hall–Kier alpha value is -3.28. The van der Waals surface area contributed by atoms with E-state index in [2.05, 4.69) is 0 Å². The summed E-state index contributed by atoms with van der Waals surface area (Å²) in [6.45, 7) is 8.24. The predicted molar refractivity (Wildman–Crippen MR) is 156 cm³/mol. The van der Waals surface area contributed by atoms with E-state index in [1.807, 2.05) is 88.4 Å². The number of hydrogen-bond donors (Lipinski definition) is 0. The second kappa shape index (κ2) is 16.7. The molecule has 40 heavy (non-hydrogen) atoms. The molecule has 0 saturated carbocycles. The normalized spacial score (nSPS) is 11.6. The van der Waals surface area contributed by atoms with E-state index in [1.165, 1.54) is 0 Å². The standard InChI is InChI=1S/C34H46O6/c1-33(2,24-31(37)39-25-27-14-7-5-8-15-27)22-12-20-29(35)18-11-19-30(36)21-13-23-34(3,4)32(38)40-26-28-16-9-6-10-17-28/h5-10,14-17H,11-13,18-26H2,1-4H3. The van der Waals surface area contributed by atoms with Crippen LogP contribution in [0.5, 0.6) is 0 Å². The van der Waals surface area contributed by atoms with Gasteiger partial charge in [0.05, 0.1) is 11.8 Å². The fourth-order valence-electron chi connectivity index (χ4n) is 4.51. The van der Waals surface area contributed by atoms with E-state index in [-0.39, 0.29) is 42.1 Å². The van der Waals surface area contributed by atoms with Gasteiger partial charge < -0.3 is 9.47 Å². The van der Waals surface area contributed by atoms with E-state index in [0.717, 1.165) is 17.5 Å². The fourth-order valence-corrected chi connectivity index (χ4v) is 4.51. The molecule has 2 aromatic carbocycles. The van der Waals surface area contributed by atoms with Crippen LogP contribution in [-0.2, 0) is 41.9 Å². The number of Topliss-reactive ketones (excluding diaryl/α,β-unsaturated/α-hetero) is 2. The number of ether oxygens (including phenoxy) is 2. The van der Waals surface area contributed by atoms with Gasteiger partial charge in [0.15, 0.2) is 0 Å². The number of hydrogen-bond acceptors (Lipinski definition) is 6. The Labute approximate surface area is 239 Å². The van der Waals surface area contributed by atoms with E-state index in [9.17, 15) is 19.2 Å². The topological polar surface area (TPSA) is 86.7 Å². The Morgan fingerprint density at radius 1 is 0.600 bits per heavy atom. The molecular formula is C34H46O6. The molecule has 0 N–H and O–H groups in total. The van der Waals surface area contributed by atoms with Gasteiger partial charge in [-0.1, -0.05) is 74.5 Å². The van der Waals surface area contributed by atoms with Crippen LogP contribution in [0.2, 0.25) is 0 Å². The lowest BCUT2D eigenvalue weighted by atomic mass is 9.83. The van der Waals surface area contributed by atoms with Gasteiger partial charge in [-0.25, -0.2) is 0 Å². The van der Waals surface area contributed by atoms with Crippen LogP contribution >= 0.6 is 0 Å². The van der Waals surface area contributed by atoms with Crippen molar-refractivity contribution in [3.8, 4) is 0 Å². The molecule has 6 heteroatoms. The highest BCUT2D eigenvalue weighted by molar-refractivity contribution is 5.81. The first kappa shape index (κ1) is 32.9. The van der Waals surface area contributed by atoms with Gasteiger partial charge >= 0.3 is 11.9 Å². The van der Waals surface area contributed by atoms with Crippen molar-refractivity contribution in [3.05, 3.63) is 71.8 Å². The second-order valence-electron chi connectivity index (χ2n) is 12.1. The Balaban J connectivity index is 1.54. The Morgan fingerprint density at radius 3 is 1.57 bits per heavy atom. The SMILES string of the molecule is CC(C)(CCCC(=O)CCCC(=O)CCCC(C)(C)C(=O)OCc1ccccc1)CC(=O)OCc1ccccc1. The minimum absolute atomic E-state index is 0.122. The van der Waals surface area contributed by atoms with Gasteiger partial charge in [-0.2, -0.15) is 0 Å². The number of carbonyl (C=O) groups excluding carboxylic acids is 4. The molecule has 0 spiro atoms. The van der Waals surface area contributed by atoms with Gasteiger partial charge in [-0.3, -0.25) is 19.2 Å². The van der Waals surface area contributed by atoms with Crippen molar-refractivity contribution in [2.45, 2.75) is 105 Å². The predicted octanol–water partition coefficient (Wildman–Crippen LogP) is 7.56.